The highest BCUT2D eigenvalue weighted by Gasteiger charge is 2.32. The number of nitrogens with zero attached hydrogens (tertiary/aromatic N) is 1. The van der Waals surface area contributed by atoms with Crippen LogP contribution in [0.2, 0.25) is 0 Å². The first-order valence-corrected chi connectivity index (χ1v) is 9.05. The Morgan fingerprint density at radius 3 is 2.52 bits per heavy atom. The quantitative estimate of drug-likeness (QED) is 0.828. The van der Waals surface area contributed by atoms with Crippen LogP contribution in [0.5, 0.6) is 0 Å². The van der Waals surface area contributed by atoms with E-state index in [0.717, 1.165) is 5.56 Å². The number of carbonyl (C=O) groups excluding carboxylic acids is 1. The SMILES string of the molecule is CSc1ccc([C@H](C)NC(=O)N2CC(C)CC(C(=O)O)C2)cc1. The van der Waals surface area contributed by atoms with Gasteiger partial charge in [0.05, 0.1) is 12.0 Å². The summed E-state index contributed by atoms with van der Waals surface area (Å²) in [6, 6.07) is 7.78. The number of hydrogen-bond donors (Lipinski definition) is 2. The Morgan fingerprint density at radius 1 is 1.30 bits per heavy atom. The van der Waals surface area contributed by atoms with Crippen LogP contribution in [0.15, 0.2) is 29.2 Å². The van der Waals surface area contributed by atoms with Crippen LogP contribution in [-0.2, 0) is 4.79 Å². The van der Waals surface area contributed by atoms with Crippen molar-refractivity contribution in [3.8, 4) is 0 Å². The van der Waals surface area contributed by atoms with Crippen molar-refractivity contribution in [3.63, 3.8) is 0 Å². The molecule has 2 unspecified atom stereocenters. The molecule has 0 bridgehead atoms. The van der Waals surface area contributed by atoms with E-state index in [1.165, 1.54) is 4.90 Å². The molecule has 5 nitrogen and oxygen atoms in total. The Morgan fingerprint density at radius 2 is 1.96 bits per heavy atom. The van der Waals surface area contributed by atoms with Crippen molar-refractivity contribution >= 4 is 23.8 Å². The van der Waals surface area contributed by atoms with Gasteiger partial charge >= 0.3 is 12.0 Å². The van der Waals surface area contributed by atoms with Crippen LogP contribution < -0.4 is 5.32 Å². The smallest absolute Gasteiger partial charge is 0.317 e. The number of amides is 2. The molecular formula is C17H24N2O3S. The van der Waals surface area contributed by atoms with Crippen LogP contribution in [0.1, 0.15) is 31.9 Å². The molecule has 1 aliphatic rings. The number of nitrogens with one attached hydrogen (secondary N) is 1. The third kappa shape index (κ3) is 4.64. The highest BCUT2D eigenvalue weighted by atomic mass is 32.2. The minimum atomic E-state index is -0.824. The van der Waals surface area contributed by atoms with Crippen molar-refractivity contribution in [2.75, 3.05) is 19.3 Å². The van der Waals surface area contributed by atoms with Gasteiger partial charge in [-0.25, -0.2) is 4.79 Å². The van der Waals surface area contributed by atoms with Gasteiger partial charge in [-0.15, -0.1) is 11.8 Å². The van der Waals surface area contributed by atoms with Crippen molar-refractivity contribution in [2.45, 2.75) is 31.2 Å². The van der Waals surface area contributed by atoms with Gasteiger partial charge in [0.25, 0.3) is 0 Å². The average molecular weight is 336 g/mol. The molecular weight excluding hydrogens is 312 g/mol. The van der Waals surface area contributed by atoms with Gasteiger partial charge in [0, 0.05) is 18.0 Å². The fourth-order valence-electron chi connectivity index (χ4n) is 2.95. The van der Waals surface area contributed by atoms with E-state index < -0.39 is 11.9 Å². The third-order valence-electron chi connectivity index (χ3n) is 4.25. The second kappa shape index (κ2) is 7.73. The van der Waals surface area contributed by atoms with Crippen molar-refractivity contribution in [2.24, 2.45) is 11.8 Å². The average Bonchev–Trinajstić information content (AvgIpc) is 2.54. The Kier molecular flexibility index (Phi) is 5.93. The van der Waals surface area contributed by atoms with Crippen molar-refractivity contribution in [1.82, 2.24) is 10.2 Å². The summed E-state index contributed by atoms with van der Waals surface area (Å²) < 4.78 is 0. The lowest BCUT2D eigenvalue weighted by molar-refractivity contribution is -0.143. The summed E-state index contributed by atoms with van der Waals surface area (Å²) >= 11 is 1.68. The van der Waals surface area contributed by atoms with E-state index in [1.54, 1.807) is 16.7 Å². The monoisotopic (exact) mass is 336 g/mol. The molecule has 2 N–H and O–H groups in total. The highest BCUT2D eigenvalue weighted by molar-refractivity contribution is 7.98. The second-order valence-electron chi connectivity index (χ2n) is 6.23. The zero-order chi connectivity index (χ0) is 17.0. The molecule has 1 aromatic carbocycles. The van der Waals surface area contributed by atoms with Crippen LogP contribution in [0, 0.1) is 11.8 Å². The molecule has 1 heterocycles. The minimum absolute atomic E-state index is 0.112. The standard InChI is InChI=1S/C17H24N2O3S/c1-11-8-14(16(20)21)10-19(9-11)17(22)18-12(2)13-4-6-15(23-3)7-5-13/h4-7,11-12,14H,8-10H2,1-3H3,(H,18,22)(H,20,21)/t11?,12-,14?/m0/s1. The second-order valence-corrected chi connectivity index (χ2v) is 7.11. The number of carboxylic acids is 1. The van der Waals surface area contributed by atoms with E-state index in [4.69, 9.17) is 0 Å². The van der Waals surface area contributed by atoms with Crippen molar-refractivity contribution < 1.29 is 14.7 Å². The topological polar surface area (TPSA) is 69.6 Å². The van der Waals surface area contributed by atoms with Crippen LogP contribution in [-0.4, -0.2) is 41.4 Å². The predicted octanol–water partition coefficient (Wildman–Crippen LogP) is 3.22. The molecule has 6 heteroatoms. The van der Waals surface area contributed by atoms with Crippen LogP contribution in [0.4, 0.5) is 4.79 Å². The first-order valence-electron chi connectivity index (χ1n) is 7.83. The summed E-state index contributed by atoms with van der Waals surface area (Å²) in [7, 11) is 0. The zero-order valence-corrected chi connectivity index (χ0v) is 14.6. The van der Waals surface area contributed by atoms with Crippen LogP contribution >= 0.6 is 11.8 Å². The molecule has 23 heavy (non-hydrogen) atoms. The number of carbonyl (C=O) groups is 2. The van der Waals surface area contributed by atoms with E-state index in [-0.39, 0.29) is 24.5 Å². The van der Waals surface area contributed by atoms with Gasteiger partial charge < -0.3 is 15.3 Å². The Bertz CT molecular complexity index is 561. The Balaban J connectivity index is 1.98. The number of carboxylic acid groups (broad SMARTS) is 1. The Hall–Kier alpha value is -1.69. The molecule has 1 aliphatic heterocycles. The van der Waals surface area contributed by atoms with Gasteiger partial charge in [0.15, 0.2) is 0 Å². The number of hydrogen-bond acceptors (Lipinski definition) is 3. The summed E-state index contributed by atoms with van der Waals surface area (Å²) in [6.07, 6.45) is 2.65. The zero-order valence-electron chi connectivity index (χ0n) is 13.8. The highest BCUT2D eigenvalue weighted by Crippen LogP contribution is 2.23. The van der Waals surface area contributed by atoms with E-state index >= 15 is 0 Å². The lowest BCUT2D eigenvalue weighted by Gasteiger charge is -2.35. The molecule has 2 amide bonds. The van der Waals surface area contributed by atoms with E-state index in [2.05, 4.69) is 5.32 Å². The van der Waals surface area contributed by atoms with Crippen LogP contribution in [0.25, 0.3) is 0 Å². The summed E-state index contributed by atoms with van der Waals surface area (Å²) in [6.45, 7) is 4.81. The molecule has 0 aromatic heterocycles. The summed E-state index contributed by atoms with van der Waals surface area (Å²) in [5.74, 6) is -1.09. The summed E-state index contributed by atoms with van der Waals surface area (Å²) in [5, 5.41) is 12.2. The lowest BCUT2D eigenvalue weighted by atomic mass is 9.91. The largest absolute Gasteiger partial charge is 0.481 e. The molecule has 2 rings (SSSR count). The molecule has 0 radical (unpaired) electrons. The van der Waals surface area contributed by atoms with Gasteiger partial charge in [-0.2, -0.15) is 0 Å². The molecule has 126 valence electrons. The van der Waals surface area contributed by atoms with Gasteiger partial charge in [0.1, 0.15) is 0 Å². The number of urea groups is 1. The maximum atomic E-state index is 12.4. The van der Waals surface area contributed by atoms with Crippen molar-refractivity contribution in [1.29, 1.82) is 0 Å². The number of piperidine rings is 1. The Labute approximate surface area is 141 Å². The molecule has 0 saturated carbocycles. The first kappa shape index (κ1) is 17.7. The molecule has 0 aliphatic carbocycles. The summed E-state index contributed by atoms with van der Waals surface area (Å²) in [5.41, 5.74) is 1.04. The third-order valence-corrected chi connectivity index (χ3v) is 5.00. The molecule has 0 spiro atoms. The fraction of sp³-hybridized carbons (Fsp3) is 0.529. The van der Waals surface area contributed by atoms with Gasteiger partial charge in [-0.05, 0) is 43.2 Å². The molecule has 1 fully saturated rings. The number of aliphatic carboxylic acids is 1. The minimum Gasteiger partial charge on any atom is -0.481 e. The van der Waals surface area contributed by atoms with E-state index in [1.807, 2.05) is 44.4 Å². The van der Waals surface area contributed by atoms with E-state index in [0.29, 0.717) is 13.0 Å². The number of thioether (sulfide) groups is 1. The van der Waals surface area contributed by atoms with Crippen molar-refractivity contribution in [3.05, 3.63) is 29.8 Å². The fourth-order valence-corrected chi connectivity index (χ4v) is 3.36. The maximum Gasteiger partial charge on any atom is 0.317 e. The van der Waals surface area contributed by atoms with Crippen LogP contribution in [0.3, 0.4) is 0 Å². The number of rotatable bonds is 4. The van der Waals surface area contributed by atoms with Gasteiger partial charge in [-0.3, -0.25) is 4.79 Å². The number of benzene rings is 1. The molecule has 1 saturated heterocycles. The van der Waals surface area contributed by atoms with Gasteiger partial charge in [-0.1, -0.05) is 19.1 Å². The molecule has 1 aromatic rings. The lowest BCUT2D eigenvalue weighted by Crippen LogP contribution is -2.49. The molecule has 3 atom stereocenters. The summed E-state index contributed by atoms with van der Waals surface area (Å²) in [4.78, 5) is 26.5. The van der Waals surface area contributed by atoms with E-state index in [9.17, 15) is 14.7 Å². The predicted molar refractivity (Wildman–Crippen MR) is 91.6 cm³/mol. The number of likely N-dealkylation sites (tertiary alicyclic amines) is 1. The normalized spacial score (nSPS) is 22.5. The maximum absolute atomic E-state index is 12.4. The first-order chi connectivity index (χ1) is 10.9. The van der Waals surface area contributed by atoms with Gasteiger partial charge in [0.2, 0.25) is 0 Å².